The quantitative estimate of drug-likeness (QED) is 0.153. The van der Waals surface area contributed by atoms with Crippen molar-refractivity contribution in [3.05, 3.63) is 31.4 Å². The van der Waals surface area contributed by atoms with Crippen molar-refractivity contribution in [2.24, 2.45) is 0 Å². The molecule has 1 aromatic rings. The SMILES string of the molecule is C=C(C)C(=O)Oc1cc(I)c(OCC(=O)OCC(F)(F)S(=O)(=O)O)c(I)c1. The average Bonchev–Trinajstić information content (AvgIpc) is 2.50. The van der Waals surface area contributed by atoms with Gasteiger partial charge in [-0.3, -0.25) is 4.55 Å². The fraction of sp³-hybridized carbons (Fsp3) is 0.286. The summed E-state index contributed by atoms with van der Waals surface area (Å²) in [4.78, 5) is 23.0. The fourth-order valence-electron chi connectivity index (χ4n) is 1.34. The Kier molecular flexibility index (Phi) is 8.36. The number of hydrogen-bond donors (Lipinski definition) is 1. The third kappa shape index (κ3) is 7.11. The van der Waals surface area contributed by atoms with Crippen LogP contribution in [0.5, 0.6) is 11.5 Å². The largest absolute Gasteiger partial charge is 0.480 e. The predicted molar refractivity (Wildman–Crippen MR) is 105 cm³/mol. The Hall–Kier alpha value is -1.07. The molecular weight excluding hydrogens is 620 g/mol. The molecule has 13 heteroatoms. The summed E-state index contributed by atoms with van der Waals surface area (Å²) in [5.74, 6) is -1.49. The summed E-state index contributed by atoms with van der Waals surface area (Å²) in [6.45, 7) is 2.29. The van der Waals surface area contributed by atoms with Gasteiger partial charge < -0.3 is 14.2 Å². The Bertz CT molecular complexity index is 847. The number of benzene rings is 1. The fourth-order valence-corrected chi connectivity index (χ4v) is 3.57. The molecule has 0 fully saturated rings. The van der Waals surface area contributed by atoms with Crippen LogP contribution in [0.25, 0.3) is 0 Å². The second kappa shape index (κ2) is 9.42. The van der Waals surface area contributed by atoms with E-state index in [-0.39, 0.29) is 17.1 Å². The maximum atomic E-state index is 13.0. The van der Waals surface area contributed by atoms with Crippen molar-refractivity contribution >= 4 is 67.2 Å². The molecule has 1 rings (SSSR count). The van der Waals surface area contributed by atoms with Crippen LogP contribution in [0.2, 0.25) is 0 Å². The number of carbonyl (C=O) groups is 2. The van der Waals surface area contributed by atoms with E-state index < -0.39 is 40.5 Å². The zero-order chi connectivity index (χ0) is 21.0. The van der Waals surface area contributed by atoms with Crippen LogP contribution in [-0.4, -0.2) is 43.4 Å². The average molecular weight is 632 g/mol. The standard InChI is InChI=1S/C14H12F2I2O8S/c1-7(2)13(20)26-8-3-9(17)12(10(18)4-8)24-5-11(19)25-6-14(15,16)27(21,22)23/h3-4H,1,5-6H2,2H3,(H,21,22,23). The van der Waals surface area contributed by atoms with Crippen molar-refractivity contribution in [2.45, 2.75) is 12.2 Å². The number of esters is 2. The highest BCUT2D eigenvalue weighted by Gasteiger charge is 2.45. The van der Waals surface area contributed by atoms with Crippen LogP contribution in [0.1, 0.15) is 6.92 Å². The maximum Gasteiger partial charge on any atom is 0.402 e. The molecule has 0 bridgehead atoms. The first-order valence-corrected chi connectivity index (χ1v) is 10.3. The van der Waals surface area contributed by atoms with Crippen molar-refractivity contribution in [1.29, 1.82) is 0 Å². The number of alkyl halides is 2. The number of hydrogen-bond acceptors (Lipinski definition) is 7. The number of ether oxygens (including phenoxy) is 3. The lowest BCUT2D eigenvalue weighted by Gasteiger charge is -2.14. The van der Waals surface area contributed by atoms with E-state index in [0.717, 1.165) is 0 Å². The number of halogens is 4. The Morgan fingerprint density at radius 3 is 2.22 bits per heavy atom. The molecular formula is C14H12F2I2O8S. The third-order valence-electron chi connectivity index (χ3n) is 2.64. The minimum atomic E-state index is -5.70. The number of rotatable bonds is 8. The van der Waals surface area contributed by atoms with Gasteiger partial charge in [0.2, 0.25) is 0 Å². The molecule has 0 spiro atoms. The molecule has 0 aliphatic carbocycles. The van der Waals surface area contributed by atoms with E-state index in [9.17, 15) is 26.8 Å². The summed E-state index contributed by atoms with van der Waals surface area (Å²) in [6.07, 6.45) is 0. The zero-order valence-corrected chi connectivity index (χ0v) is 18.6. The highest BCUT2D eigenvalue weighted by Crippen LogP contribution is 2.32. The molecule has 150 valence electrons. The Morgan fingerprint density at radius 2 is 1.78 bits per heavy atom. The number of carbonyl (C=O) groups excluding carboxylic acids is 2. The van der Waals surface area contributed by atoms with Crippen LogP contribution < -0.4 is 9.47 Å². The first-order valence-electron chi connectivity index (χ1n) is 6.74. The third-order valence-corrected chi connectivity index (χ3v) is 5.12. The molecule has 1 aromatic carbocycles. The van der Waals surface area contributed by atoms with Gasteiger partial charge >= 0.3 is 27.3 Å². The Labute approximate surface area is 180 Å². The van der Waals surface area contributed by atoms with E-state index in [2.05, 4.69) is 11.3 Å². The van der Waals surface area contributed by atoms with Crippen molar-refractivity contribution in [1.82, 2.24) is 0 Å². The summed E-state index contributed by atoms with van der Waals surface area (Å²) in [6, 6.07) is 2.88. The van der Waals surface area contributed by atoms with Crippen molar-refractivity contribution in [2.75, 3.05) is 13.2 Å². The predicted octanol–water partition coefficient (Wildman–Crippen LogP) is 2.78. The molecule has 1 N–H and O–H groups in total. The Morgan fingerprint density at radius 1 is 1.26 bits per heavy atom. The normalized spacial score (nSPS) is 11.6. The smallest absolute Gasteiger partial charge is 0.402 e. The highest BCUT2D eigenvalue weighted by atomic mass is 127. The van der Waals surface area contributed by atoms with Crippen LogP contribution in [0.4, 0.5) is 8.78 Å². The van der Waals surface area contributed by atoms with E-state index >= 15 is 0 Å². The Balaban J connectivity index is 2.73. The van der Waals surface area contributed by atoms with E-state index in [4.69, 9.17) is 14.0 Å². The van der Waals surface area contributed by atoms with Crippen molar-refractivity contribution < 1.29 is 45.6 Å². The van der Waals surface area contributed by atoms with Gasteiger partial charge in [-0.2, -0.15) is 17.2 Å². The summed E-state index contributed by atoms with van der Waals surface area (Å²) < 4.78 is 70.4. The lowest BCUT2D eigenvalue weighted by atomic mass is 10.3. The van der Waals surface area contributed by atoms with Gasteiger partial charge in [0.1, 0.15) is 11.5 Å². The molecule has 27 heavy (non-hydrogen) atoms. The van der Waals surface area contributed by atoms with Gasteiger partial charge in [0.25, 0.3) is 0 Å². The molecule has 8 nitrogen and oxygen atoms in total. The molecule has 0 amide bonds. The van der Waals surface area contributed by atoms with Crippen LogP contribution in [0.3, 0.4) is 0 Å². The summed E-state index contributed by atoms with van der Waals surface area (Å²) in [5, 5.41) is -4.62. The van der Waals surface area contributed by atoms with Gasteiger partial charge in [-0.05, 0) is 64.2 Å². The lowest BCUT2D eigenvalue weighted by molar-refractivity contribution is -0.152. The molecule has 0 atom stereocenters. The lowest BCUT2D eigenvalue weighted by Crippen LogP contribution is -2.35. The highest BCUT2D eigenvalue weighted by molar-refractivity contribution is 14.1. The van der Waals surface area contributed by atoms with E-state index in [1.165, 1.54) is 19.1 Å². The second-order valence-corrected chi connectivity index (χ2v) is 8.82. The molecule has 0 saturated carbocycles. The van der Waals surface area contributed by atoms with Crippen molar-refractivity contribution in [3.63, 3.8) is 0 Å². The van der Waals surface area contributed by atoms with Gasteiger partial charge in [-0.1, -0.05) is 6.58 Å². The van der Waals surface area contributed by atoms with E-state index in [0.29, 0.717) is 7.14 Å². The van der Waals surface area contributed by atoms with Crippen LogP contribution in [-0.2, 0) is 24.4 Å². The molecule has 0 aromatic heterocycles. The summed E-state index contributed by atoms with van der Waals surface area (Å²) >= 11 is 3.68. The zero-order valence-electron chi connectivity index (χ0n) is 13.5. The van der Waals surface area contributed by atoms with Crippen LogP contribution in [0, 0.1) is 7.14 Å². The van der Waals surface area contributed by atoms with Crippen LogP contribution >= 0.6 is 45.2 Å². The molecule has 0 unspecified atom stereocenters. The van der Waals surface area contributed by atoms with E-state index in [1.807, 2.05) is 45.2 Å². The minimum Gasteiger partial charge on any atom is -0.480 e. The van der Waals surface area contributed by atoms with Crippen molar-refractivity contribution in [3.8, 4) is 11.5 Å². The summed E-state index contributed by atoms with van der Waals surface area (Å²) in [7, 11) is -5.70. The van der Waals surface area contributed by atoms with Gasteiger partial charge in [-0.15, -0.1) is 0 Å². The first kappa shape index (κ1) is 24.0. The molecule has 0 aliphatic rings. The molecule has 0 saturated heterocycles. The minimum absolute atomic E-state index is 0.199. The monoisotopic (exact) mass is 632 g/mol. The second-order valence-electron chi connectivity index (χ2n) is 4.95. The molecule has 0 heterocycles. The molecule has 0 aliphatic heterocycles. The van der Waals surface area contributed by atoms with Gasteiger partial charge in [0, 0.05) is 5.57 Å². The first-order chi connectivity index (χ1) is 12.2. The van der Waals surface area contributed by atoms with Gasteiger partial charge in [-0.25, -0.2) is 9.59 Å². The summed E-state index contributed by atoms with van der Waals surface area (Å²) in [5.41, 5.74) is 0.199. The van der Waals surface area contributed by atoms with E-state index in [1.54, 1.807) is 0 Å². The molecule has 0 radical (unpaired) electrons. The van der Waals surface area contributed by atoms with Crippen LogP contribution in [0.15, 0.2) is 24.3 Å². The van der Waals surface area contributed by atoms with Gasteiger partial charge in [0.15, 0.2) is 13.2 Å². The topological polar surface area (TPSA) is 116 Å². The maximum absolute atomic E-state index is 13.0. The van der Waals surface area contributed by atoms with Gasteiger partial charge in [0.05, 0.1) is 7.14 Å².